The van der Waals surface area contributed by atoms with Crippen LogP contribution in [0.5, 0.6) is 5.75 Å². The van der Waals surface area contributed by atoms with Crippen LogP contribution in [0.3, 0.4) is 0 Å². The lowest BCUT2D eigenvalue weighted by Gasteiger charge is -2.12. The number of anilines is 1. The van der Waals surface area contributed by atoms with Crippen molar-refractivity contribution in [3.05, 3.63) is 35.3 Å². The van der Waals surface area contributed by atoms with E-state index in [4.69, 9.17) is 4.74 Å². The molecule has 0 radical (unpaired) electrons. The molecule has 0 atom stereocenters. The summed E-state index contributed by atoms with van der Waals surface area (Å²) in [4.78, 5) is 8.03. The fourth-order valence-electron chi connectivity index (χ4n) is 1.94. The number of hydrogen-bond acceptors (Lipinski definition) is 4. The number of methoxy groups -OCH3 is 1. The Kier molecular flexibility index (Phi) is 3.64. The van der Waals surface area contributed by atoms with Crippen molar-refractivity contribution in [2.45, 2.75) is 13.8 Å². The zero-order chi connectivity index (χ0) is 14.0. The molecule has 19 heavy (non-hydrogen) atoms. The van der Waals surface area contributed by atoms with Crippen molar-refractivity contribution in [3.63, 3.8) is 0 Å². The number of nitrogens with zero attached hydrogens (tertiary/aromatic N) is 2. The van der Waals surface area contributed by atoms with Crippen LogP contribution in [-0.2, 0) is 0 Å². The van der Waals surface area contributed by atoms with Crippen LogP contribution in [0.4, 0.5) is 10.3 Å². The molecule has 1 aromatic heterocycles. The van der Waals surface area contributed by atoms with Gasteiger partial charge in [-0.3, -0.25) is 0 Å². The van der Waals surface area contributed by atoms with Gasteiger partial charge in [0.1, 0.15) is 11.4 Å². The van der Waals surface area contributed by atoms with Crippen molar-refractivity contribution < 1.29 is 9.13 Å². The normalized spacial score (nSPS) is 10.4. The molecule has 0 aliphatic carbocycles. The zero-order valence-electron chi connectivity index (χ0n) is 11.4. The quantitative estimate of drug-likeness (QED) is 0.922. The molecule has 1 aromatic carbocycles. The van der Waals surface area contributed by atoms with Crippen LogP contribution < -0.4 is 10.1 Å². The van der Waals surface area contributed by atoms with Gasteiger partial charge in [0, 0.05) is 12.6 Å². The van der Waals surface area contributed by atoms with Crippen molar-refractivity contribution in [2.24, 2.45) is 0 Å². The molecule has 2 aromatic rings. The maximum absolute atomic E-state index is 13.9. The van der Waals surface area contributed by atoms with Gasteiger partial charge in [0.05, 0.1) is 13.3 Å². The highest BCUT2D eigenvalue weighted by Gasteiger charge is 2.13. The molecule has 0 saturated carbocycles. The van der Waals surface area contributed by atoms with E-state index >= 15 is 0 Å². The summed E-state index contributed by atoms with van der Waals surface area (Å²) in [7, 11) is 3.31. The largest absolute Gasteiger partial charge is 0.496 e. The predicted molar refractivity (Wildman–Crippen MR) is 73.0 cm³/mol. The topological polar surface area (TPSA) is 47.0 Å². The molecule has 0 unspecified atom stereocenters. The fraction of sp³-hybridized carbons (Fsp3) is 0.286. The van der Waals surface area contributed by atoms with Crippen molar-refractivity contribution in [1.29, 1.82) is 0 Å². The van der Waals surface area contributed by atoms with Crippen LogP contribution in [-0.4, -0.2) is 24.1 Å². The molecule has 4 nitrogen and oxygen atoms in total. The van der Waals surface area contributed by atoms with Crippen molar-refractivity contribution in [3.8, 4) is 17.0 Å². The van der Waals surface area contributed by atoms with E-state index < -0.39 is 5.82 Å². The van der Waals surface area contributed by atoms with Gasteiger partial charge in [-0.2, -0.15) is 0 Å². The molecule has 0 saturated heterocycles. The number of aryl methyl sites for hydroxylation is 2. The van der Waals surface area contributed by atoms with E-state index in [0.717, 1.165) is 22.4 Å². The Hall–Kier alpha value is -2.17. The SMILES string of the molecule is CNc1ncc(F)c(-c2cc(C)c(OC)cc2C)n1. The van der Waals surface area contributed by atoms with Gasteiger partial charge < -0.3 is 10.1 Å². The minimum atomic E-state index is -0.438. The van der Waals surface area contributed by atoms with Gasteiger partial charge in [0.2, 0.25) is 5.95 Å². The third-order valence-corrected chi connectivity index (χ3v) is 2.96. The van der Waals surface area contributed by atoms with Crippen LogP contribution in [0.1, 0.15) is 11.1 Å². The summed E-state index contributed by atoms with van der Waals surface area (Å²) >= 11 is 0. The van der Waals surface area contributed by atoms with E-state index in [2.05, 4.69) is 15.3 Å². The first-order chi connectivity index (χ1) is 9.06. The lowest BCUT2D eigenvalue weighted by molar-refractivity contribution is 0.411. The number of hydrogen-bond donors (Lipinski definition) is 1. The summed E-state index contributed by atoms with van der Waals surface area (Å²) in [5.41, 5.74) is 2.88. The third kappa shape index (κ3) is 2.50. The van der Waals surface area contributed by atoms with Crippen molar-refractivity contribution in [2.75, 3.05) is 19.5 Å². The number of nitrogens with one attached hydrogen (secondary N) is 1. The summed E-state index contributed by atoms with van der Waals surface area (Å²) in [5, 5.41) is 2.81. The van der Waals surface area contributed by atoms with Gasteiger partial charge in [-0.25, -0.2) is 14.4 Å². The Bertz CT molecular complexity index is 614. The molecule has 5 heteroatoms. The molecule has 0 aliphatic rings. The number of rotatable bonds is 3. The van der Waals surface area contributed by atoms with Crippen molar-refractivity contribution >= 4 is 5.95 Å². The lowest BCUT2D eigenvalue weighted by atomic mass is 10.0. The first kappa shape index (κ1) is 13.3. The van der Waals surface area contributed by atoms with Crippen LogP contribution in [0, 0.1) is 19.7 Å². The molecule has 100 valence electrons. The average Bonchev–Trinajstić information content (AvgIpc) is 2.41. The Balaban J connectivity index is 2.61. The van der Waals surface area contributed by atoms with Gasteiger partial charge in [0.15, 0.2) is 5.82 Å². The minimum Gasteiger partial charge on any atom is -0.496 e. The summed E-state index contributed by atoms with van der Waals surface area (Å²) in [6.07, 6.45) is 1.17. The maximum Gasteiger partial charge on any atom is 0.223 e. The fourth-order valence-corrected chi connectivity index (χ4v) is 1.94. The Morgan fingerprint density at radius 2 is 1.95 bits per heavy atom. The summed E-state index contributed by atoms with van der Waals surface area (Å²) < 4.78 is 19.2. The molecule has 0 spiro atoms. The molecule has 1 N–H and O–H groups in total. The predicted octanol–water partition coefficient (Wildman–Crippen LogP) is 2.95. The second-order valence-corrected chi connectivity index (χ2v) is 4.28. The molecule has 2 rings (SSSR count). The standard InChI is InChI=1S/C14H16FN3O/c1-8-6-12(19-4)9(2)5-10(8)13-11(15)7-17-14(16-3)18-13/h5-7H,1-4H3,(H,16,17,18). The molecule has 0 amide bonds. The van der Waals surface area contributed by atoms with E-state index in [1.807, 2.05) is 26.0 Å². The summed E-state index contributed by atoms with van der Waals surface area (Å²) in [6.45, 7) is 3.82. The van der Waals surface area contributed by atoms with Crippen LogP contribution in [0.25, 0.3) is 11.3 Å². The molecule has 0 aliphatic heterocycles. The van der Waals surface area contributed by atoms with E-state index in [9.17, 15) is 4.39 Å². The first-order valence-electron chi connectivity index (χ1n) is 5.92. The average molecular weight is 261 g/mol. The Morgan fingerprint density at radius 1 is 1.21 bits per heavy atom. The summed E-state index contributed by atoms with van der Waals surface area (Å²) in [5.74, 6) is 0.737. The second-order valence-electron chi connectivity index (χ2n) is 4.28. The van der Waals surface area contributed by atoms with Gasteiger partial charge >= 0.3 is 0 Å². The second kappa shape index (κ2) is 5.22. The van der Waals surface area contributed by atoms with Crippen LogP contribution >= 0.6 is 0 Å². The first-order valence-corrected chi connectivity index (χ1v) is 5.92. The van der Waals surface area contributed by atoms with Crippen LogP contribution in [0.2, 0.25) is 0 Å². The molecular weight excluding hydrogens is 245 g/mol. The van der Waals surface area contributed by atoms with Gasteiger partial charge in [-0.05, 0) is 37.1 Å². The number of aromatic nitrogens is 2. The van der Waals surface area contributed by atoms with E-state index in [1.54, 1.807) is 14.2 Å². The van der Waals surface area contributed by atoms with E-state index in [-0.39, 0.29) is 0 Å². The highest BCUT2D eigenvalue weighted by molar-refractivity contribution is 5.67. The smallest absolute Gasteiger partial charge is 0.223 e. The molecule has 0 fully saturated rings. The molecule has 0 bridgehead atoms. The van der Waals surface area contributed by atoms with Crippen molar-refractivity contribution in [1.82, 2.24) is 9.97 Å². The van der Waals surface area contributed by atoms with Crippen LogP contribution in [0.15, 0.2) is 18.3 Å². The Morgan fingerprint density at radius 3 is 2.58 bits per heavy atom. The van der Waals surface area contributed by atoms with Gasteiger partial charge in [-0.15, -0.1) is 0 Å². The lowest BCUT2D eigenvalue weighted by Crippen LogP contribution is -2.01. The Labute approximate surface area is 111 Å². The van der Waals surface area contributed by atoms with Gasteiger partial charge in [0.25, 0.3) is 0 Å². The minimum absolute atomic E-state index is 0.294. The highest BCUT2D eigenvalue weighted by atomic mass is 19.1. The molecular formula is C14H16FN3O. The van der Waals surface area contributed by atoms with E-state index in [0.29, 0.717) is 11.6 Å². The maximum atomic E-state index is 13.9. The molecule has 1 heterocycles. The number of halogens is 1. The van der Waals surface area contributed by atoms with E-state index in [1.165, 1.54) is 6.20 Å². The number of benzene rings is 1. The number of ether oxygens (including phenoxy) is 1. The summed E-state index contributed by atoms with van der Waals surface area (Å²) in [6, 6.07) is 3.75. The monoisotopic (exact) mass is 261 g/mol. The zero-order valence-corrected chi connectivity index (χ0v) is 11.4. The highest BCUT2D eigenvalue weighted by Crippen LogP contribution is 2.30. The third-order valence-electron chi connectivity index (χ3n) is 2.96. The van der Waals surface area contributed by atoms with Gasteiger partial charge in [-0.1, -0.05) is 0 Å².